The molecule has 1 amide bonds. The van der Waals surface area contributed by atoms with E-state index in [2.05, 4.69) is 34.1 Å². The van der Waals surface area contributed by atoms with Gasteiger partial charge in [-0.2, -0.15) is 0 Å². The molecule has 0 aliphatic carbocycles. The molecule has 1 saturated heterocycles. The summed E-state index contributed by atoms with van der Waals surface area (Å²) >= 11 is 0. The minimum absolute atomic E-state index is 0.0176. The molecule has 144 valence electrons. The number of anilines is 1. The third-order valence-electron chi connectivity index (χ3n) is 5.14. The number of nitrogen functional groups attached to an aromatic ring is 1. The Bertz CT molecular complexity index is 738. The van der Waals surface area contributed by atoms with E-state index in [1.807, 2.05) is 11.0 Å². The van der Waals surface area contributed by atoms with E-state index in [0.717, 1.165) is 25.9 Å². The van der Waals surface area contributed by atoms with Crippen LogP contribution in [-0.2, 0) is 6.42 Å². The van der Waals surface area contributed by atoms with Crippen molar-refractivity contribution in [2.75, 3.05) is 38.5 Å². The Balaban J connectivity index is 1.56. The van der Waals surface area contributed by atoms with Crippen molar-refractivity contribution in [2.24, 2.45) is 0 Å². The average molecular weight is 368 g/mol. The molecule has 0 spiro atoms. The van der Waals surface area contributed by atoms with Crippen LogP contribution in [-0.4, -0.2) is 64.6 Å². The Hall–Kier alpha value is -2.44. The zero-order valence-electron chi connectivity index (χ0n) is 15.6. The smallest absolute Gasteiger partial charge is 0.254 e. The summed E-state index contributed by atoms with van der Waals surface area (Å²) in [5, 5.41) is 9.46. The Kier molecular flexibility index (Phi) is 6.79. The number of rotatable bonds is 7. The van der Waals surface area contributed by atoms with Gasteiger partial charge in [-0.05, 0) is 43.5 Å². The van der Waals surface area contributed by atoms with E-state index in [4.69, 9.17) is 5.73 Å². The van der Waals surface area contributed by atoms with Crippen molar-refractivity contribution in [3.8, 4) is 0 Å². The summed E-state index contributed by atoms with van der Waals surface area (Å²) in [6, 6.07) is 14.0. The maximum Gasteiger partial charge on any atom is 0.254 e. The van der Waals surface area contributed by atoms with E-state index in [9.17, 15) is 9.90 Å². The number of amides is 1. The largest absolute Gasteiger partial charge is 0.396 e. The first-order valence-corrected chi connectivity index (χ1v) is 9.57. The maximum atomic E-state index is 12.8. The summed E-state index contributed by atoms with van der Waals surface area (Å²) in [6.45, 7) is 3.25. The van der Waals surface area contributed by atoms with E-state index in [-0.39, 0.29) is 18.6 Å². The number of nitrogens with two attached hydrogens (primary N) is 1. The lowest BCUT2D eigenvalue weighted by atomic mass is 10.1. The van der Waals surface area contributed by atoms with Crippen molar-refractivity contribution < 1.29 is 9.90 Å². The van der Waals surface area contributed by atoms with Gasteiger partial charge in [0, 0.05) is 44.0 Å². The zero-order chi connectivity index (χ0) is 19.1. The topological polar surface area (TPSA) is 82.7 Å². The standard InChI is InChI=1S/C21H28N4O2/c22-20-15-18(8-10-23-20)21(27)25-13-12-24(19(16-25)9-14-26)11-4-7-17-5-2-1-3-6-17/h1-3,5-6,8,10,15,19,26H,4,7,9,11-14,16H2,(H2,22,23)/t19-/m0/s1. The van der Waals surface area contributed by atoms with Crippen LogP contribution in [0.25, 0.3) is 0 Å². The molecule has 1 aromatic heterocycles. The number of aromatic nitrogens is 1. The quantitative estimate of drug-likeness (QED) is 0.779. The fraction of sp³-hybridized carbons (Fsp3) is 0.429. The van der Waals surface area contributed by atoms with E-state index in [0.29, 0.717) is 30.9 Å². The van der Waals surface area contributed by atoms with Crippen molar-refractivity contribution in [1.82, 2.24) is 14.8 Å². The molecule has 2 heterocycles. The monoisotopic (exact) mass is 368 g/mol. The van der Waals surface area contributed by atoms with Crippen molar-refractivity contribution >= 4 is 11.7 Å². The van der Waals surface area contributed by atoms with Crippen molar-refractivity contribution in [3.63, 3.8) is 0 Å². The van der Waals surface area contributed by atoms with Crippen LogP contribution in [0.2, 0.25) is 0 Å². The van der Waals surface area contributed by atoms with Crippen LogP contribution >= 0.6 is 0 Å². The molecule has 6 nitrogen and oxygen atoms in total. The average Bonchev–Trinajstić information content (AvgIpc) is 2.69. The SMILES string of the molecule is Nc1cc(C(=O)N2CCN(CCCc3ccccc3)[C@@H](CCO)C2)ccn1. The third-order valence-corrected chi connectivity index (χ3v) is 5.14. The molecule has 27 heavy (non-hydrogen) atoms. The number of hydrogen-bond donors (Lipinski definition) is 2. The number of carbonyl (C=O) groups excluding carboxylic acids is 1. The number of aliphatic hydroxyl groups excluding tert-OH is 1. The number of pyridine rings is 1. The van der Waals surface area contributed by atoms with Crippen LogP contribution in [0.1, 0.15) is 28.8 Å². The fourth-order valence-corrected chi connectivity index (χ4v) is 3.69. The Morgan fingerprint density at radius 1 is 1.22 bits per heavy atom. The molecule has 3 rings (SSSR count). The Labute approximate surface area is 160 Å². The highest BCUT2D eigenvalue weighted by atomic mass is 16.3. The summed E-state index contributed by atoms with van der Waals surface area (Å²) in [5.41, 5.74) is 7.62. The second-order valence-corrected chi connectivity index (χ2v) is 7.01. The van der Waals surface area contributed by atoms with Crippen LogP contribution in [0.15, 0.2) is 48.7 Å². The van der Waals surface area contributed by atoms with Gasteiger partial charge in [0.15, 0.2) is 0 Å². The van der Waals surface area contributed by atoms with E-state index < -0.39 is 0 Å². The molecule has 1 aliphatic heterocycles. The molecule has 0 bridgehead atoms. The second kappa shape index (κ2) is 9.48. The highest BCUT2D eigenvalue weighted by Gasteiger charge is 2.29. The lowest BCUT2D eigenvalue weighted by Crippen LogP contribution is -2.55. The molecule has 1 aromatic carbocycles. The Morgan fingerprint density at radius 3 is 2.78 bits per heavy atom. The van der Waals surface area contributed by atoms with Gasteiger partial charge in [0.2, 0.25) is 0 Å². The van der Waals surface area contributed by atoms with Crippen LogP contribution < -0.4 is 5.73 Å². The van der Waals surface area contributed by atoms with Gasteiger partial charge in [0.05, 0.1) is 0 Å². The predicted molar refractivity (Wildman–Crippen MR) is 106 cm³/mol. The van der Waals surface area contributed by atoms with Gasteiger partial charge in [0.1, 0.15) is 5.82 Å². The fourth-order valence-electron chi connectivity index (χ4n) is 3.69. The van der Waals surface area contributed by atoms with Crippen LogP contribution in [0.4, 0.5) is 5.82 Å². The molecule has 3 N–H and O–H groups in total. The summed E-state index contributed by atoms with van der Waals surface area (Å²) in [5.74, 6) is 0.336. The number of benzene rings is 1. The maximum absolute atomic E-state index is 12.8. The lowest BCUT2D eigenvalue weighted by molar-refractivity contribution is 0.0419. The summed E-state index contributed by atoms with van der Waals surface area (Å²) in [7, 11) is 0. The number of aliphatic hydroxyl groups is 1. The molecule has 0 saturated carbocycles. The van der Waals surface area contributed by atoms with E-state index in [1.54, 1.807) is 18.3 Å². The van der Waals surface area contributed by atoms with Crippen LogP contribution in [0.5, 0.6) is 0 Å². The molecular weight excluding hydrogens is 340 g/mol. The molecule has 1 aliphatic rings. The van der Waals surface area contributed by atoms with Gasteiger partial charge in [-0.1, -0.05) is 30.3 Å². The lowest BCUT2D eigenvalue weighted by Gasteiger charge is -2.41. The van der Waals surface area contributed by atoms with Gasteiger partial charge < -0.3 is 15.7 Å². The first-order valence-electron chi connectivity index (χ1n) is 9.57. The minimum Gasteiger partial charge on any atom is -0.396 e. The van der Waals surface area contributed by atoms with Gasteiger partial charge in [-0.15, -0.1) is 0 Å². The first kappa shape index (κ1) is 19.3. The zero-order valence-corrected chi connectivity index (χ0v) is 15.6. The number of nitrogens with zero attached hydrogens (tertiary/aromatic N) is 3. The predicted octanol–water partition coefficient (Wildman–Crippen LogP) is 1.81. The molecule has 1 atom stereocenters. The van der Waals surface area contributed by atoms with Crippen LogP contribution in [0, 0.1) is 0 Å². The number of hydrogen-bond acceptors (Lipinski definition) is 5. The summed E-state index contributed by atoms with van der Waals surface area (Å²) in [4.78, 5) is 21.0. The summed E-state index contributed by atoms with van der Waals surface area (Å²) < 4.78 is 0. The molecule has 2 aromatic rings. The second-order valence-electron chi connectivity index (χ2n) is 7.01. The number of piperazine rings is 1. The summed E-state index contributed by atoms with van der Waals surface area (Å²) in [6.07, 6.45) is 4.35. The van der Waals surface area contributed by atoms with Gasteiger partial charge in [-0.25, -0.2) is 4.98 Å². The first-order chi connectivity index (χ1) is 13.2. The van der Waals surface area contributed by atoms with Crippen molar-refractivity contribution in [3.05, 3.63) is 59.8 Å². The molecule has 0 unspecified atom stereocenters. The normalized spacial score (nSPS) is 17.8. The van der Waals surface area contributed by atoms with E-state index >= 15 is 0 Å². The van der Waals surface area contributed by atoms with Gasteiger partial charge in [0.25, 0.3) is 5.91 Å². The Morgan fingerprint density at radius 2 is 2.04 bits per heavy atom. The highest BCUT2D eigenvalue weighted by Crippen LogP contribution is 2.17. The van der Waals surface area contributed by atoms with Crippen molar-refractivity contribution in [1.29, 1.82) is 0 Å². The third kappa shape index (κ3) is 5.28. The van der Waals surface area contributed by atoms with Crippen LogP contribution in [0.3, 0.4) is 0 Å². The highest BCUT2D eigenvalue weighted by molar-refractivity contribution is 5.94. The van der Waals surface area contributed by atoms with Crippen molar-refractivity contribution in [2.45, 2.75) is 25.3 Å². The minimum atomic E-state index is -0.0176. The van der Waals surface area contributed by atoms with Gasteiger partial charge in [-0.3, -0.25) is 9.69 Å². The molecule has 6 heteroatoms. The number of aryl methyl sites for hydroxylation is 1. The van der Waals surface area contributed by atoms with E-state index in [1.165, 1.54) is 5.56 Å². The van der Waals surface area contributed by atoms with Gasteiger partial charge >= 0.3 is 0 Å². The molecular formula is C21H28N4O2. The molecule has 0 radical (unpaired) electrons. The number of carbonyl (C=O) groups is 1. The molecule has 1 fully saturated rings.